The molecule has 0 saturated carbocycles. The van der Waals surface area contributed by atoms with Crippen molar-refractivity contribution in [2.45, 2.75) is 147 Å². The molecule has 0 aromatic carbocycles. The van der Waals surface area contributed by atoms with Gasteiger partial charge in [-0.15, -0.1) is 0 Å². The molecule has 198 valence electrons. The van der Waals surface area contributed by atoms with E-state index in [-0.39, 0.29) is 0 Å². The second kappa shape index (κ2) is 23.0. The van der Waals surface area contributed by atoms with E-state index < -0.39 is 36.9 Å². The number of hydrogen-bond donors (Lipinski definition) is 6. The van der Waals surface area contributed by atoms with Crippen LogP contribution in [0.2, 0.25) is 0 Å². The van der Waals surface area contributed by atoms with Crippen molar-refractivity contribution in [1.82, 2.24) is 5.32 Å². The molecule has 0 rings (SSSR count). The lowest BCUT2D eigenvalue weighted by Gasteiger charge is -2.24. The van der Waals surface area contributed by atoms with Gasteiger partial charge in [-0.25, -0.2) is 0 Å². The number of hydrogen-bond acceptors (Lipinski definition) is 6. The van der Waals surface area contributed by atoms with Crippen molar-refractivity contribution in [2.24, 2.45) is 0 Å². The Kier molecular flexibility index (Phi) is 22.5. The van der Waals surface area contributed by atoms with Crippen LogP contribution >= 0.6 is 0 Å². The normalized spacial score (nSPS) is 15.2. The van der Waals surface area contributed by atoms with E-state index in [4.69, 9.17) is 5.11 Å². The van der Waals surface area contributed by atoms with Gasteiger partial charge in [0.05, 0.1) is 6.61 Å². The molecule has 0 spiro atoms. The average molecular weight is 476 g/mol. The number of nitrogens with one attached hydrogen (secondary N) is 1. The Bertz CT molecular complexity index is 437. The molecular formula is C26H53NO6. The summed E-state index contributed by atoms with van der Waals surface area (Å²) in [5.41, 5.74) is 0. The highest BCUT2D eigenvalue weighted by Gasteiger charge is 2.33. The standard InChI is InChI=1S/C26H53NO6/c1-2-3-4-5-6-7-8-9-10-11-12-13-14-15-16-17-18-19-20-27-26(33)25(32)24(31)23(30)22(29)21-28/h22-25,28-32H,2-21H2,1H3,(H,27,33)/t22-,23-,24+,25-/m1/s1. The summed E-state index contributed by atoms with van der Waals surface area (Å²) in [6.45, 7) is 1.88. The second-order valence-corrected chi connectivity index (χ2v) is 9.48. The van der Waals surface area contributed by atoms with Crippen LogP contribution in [0.5, 0.6) is 0 Å². The van der Waals surface area contributed by atoms with Crippen molar-refractivity contribution in [3.8, 4) is 0 Å². The molecule has 7 nitrogen and oxygen atoms in total. The zero-order valence-electron chi connectivity index (χ0n) is 21.1. The number of carbonyl (C=O) groups excluding carboxylic acids is 1. The molecule has 0 bridgehead atoms. The lowest BCUT2D eigenvalue weighted by Crippen LogP contribution is -2.51. The fourth-order valence-electron chi connectivity index (χ4n) is 4.02. The highest BCUT2D eigenvalue weighted by molar-refractivity contribution is 5.81. The zero-order chi connectivity index (χ0) is 24.7. The van der Waals surface area contributed by atoms with Crippen LogP contribution < -0.4 is 5.32 Å². The van der Waals surface area contributed by atoms with E-state index in [9.17, 15) is 25.2 Å². The zero-order valence-corrected chi connectivity index (χ0v) is 21.1. The van der Waals surface area contributed by atoms with Crippen LogP contribution in [0.15, 0.2) is 0 Å². The van der Waals surface area contributed by atoms with Crippen LogP contribution in [-0.4, -0.2) is 69.0 Å². The summed E-state index contributed by atoms with van der Waals surface area (Å²) >= 11 is 0. The lowest BCUT2D eigenvalue weighted by molar-refractivity contribution is -0.148. The minimum absolute atomic E-state index is 0.389. The molecule has 0 saturated heterocycles. The topological polar surface area (TPSA) is 130 Å². The molecule has 7 heteroatoms. The van der Waals surface area contributed by atoms with Gasteiger partial charge >= 0.3 is 0 Å². The predicted molar refractivity (Wildman–Crippen MR) is 133 cm³/mol. The first-order valence-corrected chi connectivity index (χ1v) is 13.6. The van der Waals surface area contributed by atoms with E-state index in [1.165, 1.54) is 96.3 Å². The molecule has 0 fully saturated rings. The highest BCUT2D eigenvalue weighted by atomic mass is 16.4. The maximum absolute atomic E-state index is 11.8. The maximum Gasteiger partial charge on any atom is 0.251 e. The Labute approximate surface area is 202 Å². The van der Waals surface area contributed by atoms with E-state index >= 15 is 0 Å². The maximum atomic E-state index is 11.8. The van der Waals surface area contributed by atoms with Gasteiger partial charge in [-0.1, -0.05) is 116 Å². The molecule has 0 unspecified atom stereocenters. The summed E-state index contributed by atoms with van der Waals surface area (Å²) < 4.78 is 0. The van der Waals surface area contributed by atoms with Crippen molar-refractivity contribution in [3.63, 3.8) is 0 Å². The largest absolute Gasteiger partial charge is 0.394 e. The molecule has 0 aliphatic carbocycles. The van der Waals surface area contributed by atoms with Gasteiger partial charge in [-0.05, 0) is 6.42 Å². The Morgan fingerprint density at radius 1 is 0.606 bits per heavy atom. The number of aliphatic hydroxyl groups excluding tert-OH is 5. The van der Waals surface area contributed by atoms with Gasteiger partial charge in [-0.2, -0.15) is 0 Å². The molecule has 0 aromatic rings. The predicted octanol–water partition coefficient (Wildman–Crippen LogP) is 3.58. The average Bonchev–Trinajstić information content (AvgIpc) is 2.83. The Morgan fingerprint density at radius 3 is 1.33 bits per heavy atom. The summed E-state index contributed by atoms with van der Waals surface area (Å²) in [6, 6.07) is 0. The summed E-state index contributed by atoms with van der Waals surface area (Å²) in [7, 11) is 0. The van der Waals surface area contributed by atoms with Gasteiger partial charge in [0.1, 0.15) is 18.3 Å². The molecule has 0 aliphatic heterocycles. The van der Waals surface area contributed by atoms with Gasteiger partial charge in [-0.3, -0.25) is 4.79 Å². The molecule has 1 amide bonds. The fourth-order valence-corrected chi connectivity index (χ4v) is 4.02. The molecule has 0 radical (unpaired) electrons. The first-order valence-electron chi connectivity index (χ1n) is 13.6. The third kappa shape index (κ3) is 18.3. The minimum Gasteiger partial charge on any atom is -0.394 e. The van der Waals surface area contributed by atoms with E-state index in [2.05, 4.69) is 12.2 Å². The lowest BCUT2D eigenvalue weighted by atomic mass is 10.0. The van der Waals surface area contributed by atoms with Gasteiger partial charge in [0.2, 0.25) is 0 Å². The van der Waals surface area contributed by atoms with Crippen molar-refractivity contribution in [3.05, 3.63) is 0 Å². The van der Waals surface area contributed by atoms with E-state index in [0.717, 1.165) is 19.3 Å². The number of amides is 1. The van der Waals surface area contributed by atoms with Crippen LogP contribution in [0, 0.1) is 0 Å². The third-order valence-corrected chi connectivity index (χ3v) is 6.35. The molecule has 4 atom stereocenters. The first kappa shape index (κ1) is 32.3. The molecular weight excluding hydrogens is 422 g/mol. The number of unbranched alkanes of at least 4 members (excludes halogenated alkanes) is 17. The summed E-state index contributed by atoms with van der Waals surface area (Å²) in [5, 5.41) is 49.5. The minimum atomic E-state index is -1.85. The summed E-state index contributed by atoms with van der Waals surface area (Å²) in [4.78, 5) is 11.8. The van der Waals surface area contributed by atoms with Crippen LogP contribution in [0.25, 0.3) is 0 Å². The monoisotopic (exact) mass is 475 g/mol. The molecule has 0 aromatic heterocycles. The molecule has 33 heavy (non-hydrogen) atoms. The Balaban J connectivity index is 3.40. The Hall–Kier alpha value is -0.730. The summed E-state index contributed by atoms with van der Waals surface area (Å²) in [6.07, 6.45) is 16.1. The van der Waals surface area contributed by atoms with E-state index in [1.54, 1.807) is 0 Å². The van der Waals surface area contributed by atoms with Crippen LogP contribution in [0.1, 0.15) is 122 Å². The second-order valence-electron chi connectivity index (χ2n) is 9.48. The number of carbonyl (C=O) groups is 1. The van der Waals surface area contributed by atoms with Crippen LogP contribution in [0.4, 0.5) is 0 Å². The van der Waals surface area contributed by atoms with Crippen molar-refractivity contribution >= 4 is 5.91 Å². The Morgan fingerprint density at radius 2 is 0.970 bits per heavy atom. The van der Waals surface area contributed by atoms with Gasteiger partial charge in [0.25, 0.3) is 5.91 Å². The van der Waals surface area contributed by atoms with E-state index in [1.807, 2.05) is 0 Å². The van der Waals surface area contributed by atoms with Gasteiger partial charge in [0, 0.05) is 6.54 Å². The number of aliphatic hydroxyl groups is 5. The quantitative estimate of drug-likeness (QED) is 0.118. The van der Waals surface area contributed by atoms with Crippen molar-refractivity contribution in [1.29, 1.82) is 0 Å². The van der Waals surface area contributed by atoms with Crippen molar-refractivity contribution in [2.75, 3.05) is 13.2 Å². The van der Waals surface area contributed by atoms with Gasteiger partial charge in [0.15, 0.2) is 6.10 Å². The van der Waals surface area contributed by atoms with Crippen LogP contribution in [-0.2, 0) is 4.79 Å². The number of rotatable bonds is 24. The smallest absolute Gasteiger partial charge is 0.251 e. The SMILES string of the molecule is CCCCCCCCCCCCCCCCCCCCNC(=O)[C@H](O)[C@@H](O)[C@H](O)[C@H](O)CO. The molecule has 0 aliphatic rings. The first-order chi connectivity index (χ1) is 16.0. The van der Waals surface area contributed by atoms with Crippen molar-refractivity contribution < 1.29 is 30.3 Å². The van der Waals surface area contributed by atoms with E-state index in [0.29, 0.717) is 6.54 Å². The fraction of sp³-hybridized carbons (Fsp3) is 0.962. The molecule has 0 heterocycles. The summed E-state index contributed by atoms with van der Waals surface area (Å²) in [5.74, 6) is -0.793. The third-order valence-electron chi connectivity index (χ3n) is 6.35. The molecule has 6 N–H and O–H groups in total. The van der Waals surface area contributed by atoms with Gasteiger partial charge < -0.3 is 30.8 Å². The van der Waals surface area contributed by atoms with Crippen LogP contribution in [0.3, 0.4) is 0 Å². The highest BCUT2D eigenvalue weighted by Crippen LogP contribution is 2.14.